The summed E-state index contributed by atoms with van der Waals surface area (Å²) in [5.41, 5.74) is 1.87. The van der Waals surface area contributed by atoms with Gasteiger partial charge in [-0.25, -0.2) is 0 Å². The number of methoxy groups -OCH3 is 1. The van der Waals surface area contributed by atoms with E-state index in [2.05, 4.69) is 19.9 Å². The molecule has 9 nitrogen and oxygen atoms in total. The summed E-state index contributed by atoms with van der Waals surface area (Å²) < 4.78 is 54.6. The number of nitriles is 1. The molecule has 0 bridgehead atoms. The van der Waals surface area contributed by atoms with Gasteiger partial charge in [-0.05, 0) is 43.0 Å². The first-order chi connectivity index (χ1) is 22.4. The van der Waals surface area contributed by atoms with E-state index >= 15 is 8.78 Å². The Morgan fingerprint density at radius 1 is 1.02 bits per heavy atom. The maximum atomic E-state index is 16.0. The van der Waals surface area contributed by atoms with Crippen LogP contribution in [0, 0.1) is 23.0 Å². The number of para-hydroxylation sites is 1. The maximum Gasteiger partial charge on any atom is 0.305 e. The minimum absolute atomic E-state index is 0.0118. The van der Waals surface area contributed by atoms with Gasteiger partial charge < -0.3 is 18.9 Å². The molecule has 5 rings (SSSR count). The SMILES string of the molecule is COC(=O)CCCSc1c(F)c(Oc2cc(C#N)ccc2OCc2ccccc2)nc(Oc2ccccc2C2NCCN2C)c1F. The van der Waals surface area contributed by atoms with Crippen molar-refractivity contribution in [1.29, 1.82) is 5.26 Å². The zero-order chi connectivity index (χ0) is 32.5. The van der Waals surface area contributed by atoms with Gasteiger partial charge in [0.1, 0.15) is 12.4 Å². The number of hydrogen-bond acceptors (Lipinski definition) is 10. The van der Waals surface area contributed by atoms with Crippen molar-refractivity contribution in [3.05, 3.63) is 101 Å². The fourth-order valence-corrected chi connectivity index (χ4v) is 5.69. The second kappa shape index (κ2) is 15.5. The number of rotatable bonds is 13. The summed E-state index contributed by atoms with van der Waals surface area (Å²) in [7, 11) is 3.24. The average molecular weight is 647 g/mol. The molecule has 0 spiro atoms. The minimum Gasteiger partial charge on any atom is -0.485 e. The molecule has 1 unspecified atom stereocenters. The number of aromatic nitrogens is 1. The van der Waals surface area contributed by atoms with Gasteiger partial charge in [-0.15, -0.1) is 11.8 Å². The standard InChI is InChI=1S/C34H32F2N4O5S/c1-40-17-16-38-32(40)24-11-6-7-12-25(24)44-33-29(35)31(46-18-8-13-28(41)42-2)30(36)34(39-33)45-27-19-23(20-37)14-15-26(27)43-21-22-9-4-3-5-10-22/h3-7,9-12,14-15,19,32,38H,8,13,16-18,21H2,1-2H3. The van der Waals surface area contributed by atoms with Crippen LogP contribution in [-0.2, 0) is 16.1 Å². The molecule has 238 valence electrons. The summed E-state index contributed by atoms with van der Waals surface area (Å²) in [6.07, 6.45) is 0.221. The van der Waals surface area contributed by atoms with E-state index in [4.69, 9.17) is 14.2 Å². The highest BCUT2D eigenvalue weighted by Gasteiger charge is 2.28. The number of hydrogen-bond donors (Lipinski definition) is 1. The van der Waals surface area contributed by atoms with Crippen LogP contribution in [0.5, 0.6) is 29.0 Å². The molecular weight excluding hydrogens is 614 g/mol. The summed E-state index contributed by atoms with van der Waals surface area (Å²) in [4.78, 5) is 17.4. The predicted octanol–water partition coefficient (Wildman–Crippen LogP) is 6.97. The zero-order valence-electron chi connectivity index (χ0n) is 25.3. The van der Waals surface area contributed by atoms with E-state index in [9.17, 15) is 10.1 Å². The van der Waals surface area contributed by atoms with Gasteiger partial charge in [0.05, 0.1) is 29.8 Å². The molecule has 1 fully saturated rings. The largest absolute Gasteiger partial charge is 0.485 e. The summed E-state index contributed by atoms with van der Waals surface area (Å²) in [6.45, 7) is 1.75. The number of likely N-dealkylation sites (N-methyl/N-ethyl adjacent to an activating group) is 1. The number of esters is 1. The van der Waals surface area contributed by atoms with E-state index < -0.39 is 29.4 Å². The van der Waals surface area contributed by atoms with Crippen molar-refractivity contribution < 1.29 is 32.5 Å². The predicted molar refractivity (Wildman–Crippen MR) is 168 cm³/mol. The smallest absolute Gasteiger partial charge is 0.305 e. The summed E-state index contributed by atoms with van der Waals surface area (Å²) in [5, 5.41) is 12.9. The van der Waals surface area contributed by atoms with Crippen molar-refractivity contribution in [3.8, 4) is 35.1 Å². The molecule has 0 aliphatic carbocycles. The van der Waals surface area contributed by atoms with Crippen LogP contribution >= 0.6 is 11.8 Å². The topological polar surface area (TPSA) is 106 Å². The highest BCUT2D eigenvalue weighted by atomic mass is 32.2. The van der Waals surface area contributed by atoms with Crippen LogP contribution in [0.25, 0.3) is 0 Å². The average Bonchev–Trinajstić information content (AvgIpc) is 3.51. The van der Waals surface area contributed by atoms with Gasteiger partial charge in [0.2, 0.25) is 11.6 Å². The maximum absolute atomic E-state index is 16.0. The van der Waals surface area contributed by atoms with Gasteiger partial charge in [0.25, 0.3) is 11.8 Å². The van der Waals surface area contributed by atoms with Crippen LogP contribution < -0.4 is 19.5 Å². The van der Waals surface area contributed by atoms with Gasteiger partial charge in [-0.2, -0.15) is 19.0 Å². The number of thioether (sulfide) groups is 1. The first-order valence-electron chi connectivity index (χ1n) is 14.6. The third-order valence-corrected chi connectivity index (χ3v) is 8.30. The molecule has 1 N–H and O–H groups in total. The molecule has 4 aromatic rings. The van der Waals surface area contributed by atoms with Gasteiger partial charge in [0.15, 0.2) is 11.5 Å². The van der Waals surface area contributed by atoms with E-state index in [1.54, 1.807) is 24.3 Å². The first-order valence-corrected chi connectivity index (χ1v) is 15.5. The Balaban J connectivity index is 1.50. The molecule has 2 heterocycles. The molecule has 1 saturated heterocycles. The molecule has 1 aliphatic rings. The van der Waals surface area contributed by atoms with E-state index in [-0.39, 0.29) is 46.9 Å². The Bertz CT molecular complexity index is 1720. The Kier molecular flexibility index (Phi) is 11.0. The molecule has 0 radical (unpaired) electrons. The molecule has 1 atom stereocenters. The molecular formula is C34H32F2N4O5S. The van der Waals surface area contributed by atoms with Crippen molar-refractivity contribution >= 4 is 17.7 Å². The van der Waals surface area contributed by atoms with Crippen LogP contribution in [0.1, 0.15) is 35.7 Å². The molecule has 46 heavy (non-hydrogen) atoms. The summed E-state index contributed by atoms with van der Waals surface area (Å²) in [6, 6.07) is 23.1. The molecule has 1 aromatic heterocycles. The van der Waals surface area contributed by atoms with E-state index in [0.29, 0.717) is 12.2 Å². The monoisotopic (exact) mass is 646 g/mol. The highest BCUT2D eigenvalue weighted by Crippen LogP contribution is 2.41. The van der Waals surface area contributed by atoms with Crippen molar-refractivity contribution in [3.63, 3.8) is 0 Å². The van der Waals surface area contributed by atoms with Gasteiger partial charge in [-0.3, -0.25) is 15.0 Å². The third kappa shape index (κ3) is 7.92. The van der Waals surface area contributed by atoms with Crippen molar-refractivity contribution in [2.45, 2.75) is 30.5 Å². The molecule has 0 amide bonds. The van der Waals surface area contributed by atoms with Crippen LogP contribution in [0.15, 0.2) is 77.7 Å². The lowest BCUT2D eigenvalue weighted by molar-refractivity contribution is -0.140. The van der Waals surface area contributed by atoms with Crippen LogP contribution in [0.2, 0.25) is 0 Å². The lowest BCUT2D eigenvalue weighted by atomic mass is 10.1. The number of pyridine rings is 1. The van der Waals surface area contributed by atoms with Crippen molar-refractivity contribution in [2.75, 3.05) is 33.0 Å². The Labute approximate surface area is 270 Å². The number of ether oxygens (including phenoxy) is 4. The number of carbonyl (C=O) groups excluding carboxylic acids is 1. The Morgan fingerprint density at radius 3 is 2.43 bits per heavy atom. The van der Waals surface area contributed by atoms with E-state index in [1.165, 1.54) is 13.2 Å². The second-order valence-electron chi connectivity index (χ2n) is 10.3. The number of nitrogens with one attached hydrogen (secondary N) is 1. The number of carbonyl (C=O) groups is 1. The third-order valence-electron chi connectivity index (χ3n) is 7.16. The molecule has 1 aliphatic heterocycles. The summed E-state index contributed by atoms with van der Waals surface area (Å²) >= 11 is 0.863. The lowest BCUT2D eigenvalue weighted by Gasteiger charge is -2.22. The van der Waals surface area contributed by atoms with Gasteiger partial charge in [-0.1, -0.05) is 48.5 Å². The quantitative estimate of drug-likeness (QED) is 0.0930. The fourth-order valence-electron chi connectivity index (χ4n) is 4.77. The van der Waals surface area contributed by atoms with Crippen molar-refractivity contribution in [2.24, 2.45) is 0 Å². The van der Waals surface area contributed by atoms with Crippen LogP contribution in [0.4, 0.5) is 8.78 Å². The Morgan fingerprint density at radius 2 is 1.74 bits per heavy atom. The fraction of sp³-hybridized carbons (Fsp3) is 0.265. The number of halogens is 2. The lowest BCUT2D eigenvalue weighted by Crippen LogP contribution is -2.24. The van der Waals surface area contributed by atoms with E-state index in [0.717, 1.165) is 36.0 Å². The van der Waals surface area contributed by atoms with Gasteiger partial charge >= 0.3 is 5.97 Å². The van der Waals surface area contributed by atoms with Crippen LogP contribution in [-0.4, -0.2) is 48.9 Å². The van der Waals surface area contributed by atoms with Gasteiger partial charge in [0, 0.05) is 31.1 Å². The minimum atomic E-state index is -1.06. The second-order valence-corrected chi connectivity index (χ2v) is 11.4. The highest BCUT2D eigenvalue weighted by molar-refractivity contribution is 7.99. The molecule has 0 saturated carbocycles. The number of benzene rings is 3. The van der Waals surface area contributed by atoms with E-state index in [1.807, 2.05) is 55.6 Å². The number of nitrogens with zero attached hydrogens (tertiary/aromatic N) is 3. The molecule has 12 heteroatoms. The first kappa shape index (κ1) is 32.7. The summed E-state index contributed by atoms with van der Waals surface area (Å²) in [5.74, 6) is -2.79. The van der Waals surface area contributed by atoms with Crippen LogP contribution in [0.3, 0.4) is 0 Å². The van der Waals surface area contributed by atoms with Crippen molar-refractivity contribution in [1.82, 2.24) is 15.2 Å². The Hall–Kier alpha value is -4.70. The molecule has 3 aromatic carbocycles. The zero-order valence-corrected chi connectivity index (χ0v) is 26.1. The normalized spacial score (nSPS) is 14.5.